The van der Waals surface area contributed by atoms with E-state index in [0.717, 1.165) is 12.1 Å². The maximum Gasteiger partial charge on any atom is 0.433 e. The van der Waals surface area contributed by atoms with Crippen LogP contribution in [0.5, 0.6) is 5.75 Å². The molecule has 3 aromatic rings. The minimum Gasteiger partial charge on any atom is -0.497 e. The van der Waals surface area contributed by atoms with Crippen LogP contribution in [0, 0.1) is 6.92 Å². The van der Waals surface area contributed by atoms with E-state index in [1.54, 1.807) is 49.4 Å². The number of nitrogens with one attached hydrogen (secondary N) is 2. The van der Waals surface area contributed by atoms with E-state index in [1.807, 2.05) is 0 Å². The molecule has 2 N–H and O–H groups in total. The van der Waals surface area contributed by atoms with E-state index in [1.165, 1.54) is 7.11 Å². The quantitative estimate of drug-likeness (QED) is 0.510. The van der Waals surface area contributed by atoms with Crippen LogP contribution >= 0.6 is 11.6 Å². The topological polar surface area (TPSA) is 63.2 Å². The van der Waals surface area contributed by atoms with Crippen molar-refractivity contribution in [1.29, 1.82) is 0 Å². The number of benzene rings is 2. The van der Waals surface area contributed by atoms with Crippen LogP contribution in [-0.2, 0) is 6.18 Å². The van der Waals surface area contributed by atoms with E-state index < -0.39 is 17.8 Å². The number of nitrogens with zero attached hydrogens (tertiary/aromatic N) is 1. The first kappa shape index (κ1) is 21.4. The van der Waals surface area contributed by atoms with Crippen molar-refractivity contribution in [3.63, 3.8) is 0 Å². The Hall–Kier alpha value is -3.26. The summed E-state index contributed by atoms with van der Waals surface area (Å²) in [5.41, 5.74) is 0.408. The van der Waals surface area contributed by atoms with E-state index in [0.29, 0.717) is 27.7 Å². The van der Waals surface area contributed by atoms with Crippen LogP contribution in [-0.4, -0.2) is 18.0 Å². The molecule has 1 amide bonds. The number of aromatic nitrogens is 1. The van der Waals surface area contributed by atoms with Gasteiger partial charge in [-0.1, -0.05) is 17.7 Å². The molecular weight excluding hydrogens is 419 g/mol. The highest BCUT2D eigenvalue weighted by Crippen LogP contribution is 2.32. The number of amides is 1. The van der Waals surface area contributed by atoms with Crippen molar-refractivity contribution >= 4 is 34.7 Å². The molecule has 0 fully saturated rings. The molecule has 0 aliphatic rings. The number of pyridine rings is 1. The van der Waals surface area contributed by atoms with Gasteiger partial charge in [0.2, 0.25) is 0 Å². The molecule has 156 valence electrons. The van der Waals surface area contributed by atoms with Gasteiger partial charge in [-0.3, -0.25) is 4.79 Å². The first-order valence-corrected chi connectivity index (χ1v) is 9.12. The first-order chi connectivity index (χ1) is 14.2. The van der Waals surface area contributed by atoms with Gasteiger partial charge in [0.1, 0.15) is 17.3 Å². The van der Waals surface area contributed by atoms with Gasteiger partial charge in [0.05, 0.1) is 12.7 Å². The number of aryl methyl sites for hydroxylation is 1. The summed E-state index contributed by atoms with van der Waals surface area (Å²) in [5.74, 6) is -0.331. The number of hydrogen-bond donors (Lipinski definition) is 2. The Kier molecular flexibility index (Phi) is 6.17. The molecule has 1 aromatic heterocycles. The maximum absolute atomic E-state index is 13.2. The summed E-state index contributed by atoms with van der Waals surface area (Å²) in [5, 5.41) is 5.93. The molecule has 0 atom stereocenters. The van der Waals surface area contributed by atoms with Gasteiger partial charge in [-0.15, -0.1) is 0 Å². The lowest BCUT2D eigenvalue weighted by Crippen LogP contribution is -2.17. The van der Waals surface area contributed by atoms with Gasteiger partial charge in [0.15, 0.2) is 0 Å². The van der Waals surface area contributed by atoms with Crippen LogP contribution in [0.15, 0.2) is 54.6 Å². The molecule has 30 heavy (non-hydrogen) atoms. The Bertz CT molecular complexity index is 1090. The molecule has 2 aromatic carbocycles. The van der Waals surface area contributed by atoms with Crippen molar-refractivity contribution in [2.45, 2.75) is 13.1 Å². The highest BCUT2D eigenvalue weighted by molar-refractivity contribution is 6.30. The summed E-state index contributed by atoms with van der Waals surface area (Å²) in [6.07, 6.45) is -4.66. The molecule has 0 unspecified atom stereocenters. The SMILES string of the molecule is COc1cccc(NC(=O)c2ccc(C(F)(F)F)nc2Nc2ccc(Cl)cc2C)c1. The molecule has 0 aliphatic heterocycles. The summed E-state index contributed by atoms with van der Waals surface area (Å²) in [7, 11) is 1.48. The largest absolute Gasteiger partial charge is 0.497 e. The minimum absolute atomic E-state index is 0.0554. The predicted molar refractivity (Wildman–Crippen MR) is 110 cm³/mol. The molecule has 0 saturated carbocycles. The standard InChI is InChI=1S/C21H17ClF3N3O2/c1-12-10-13(22)6-8-17(12)27-19-16(7-9-18(28-19)21(23,24)25)20(29)26-14-4-3-5-15(11-14)30-2/h3-11H,1-2H3,(H,26,29)(H,27,28). The van der Waals surface area contributed by atoms with Crippen molar-refractivity contribution in [3.8, 4) is 5.75 Å². The average molecular weight is 436 g/mol. The Morgan fingerprint density at radius 1 is 1.10 bits per heavy atom. The third-order valence-electron chi connectivity index (χ3n) is 4.20. The van der Waals surface area contributed by atoms with Crippen molar-refractivity contribution in [2.75, 3.05) is 17.7 Å². The second-order valence-electron chi connectivity index (χ2n) is 6.36. The number of methoxy groups -OCH3 is 1. The number of ether oxygens (including phenoxy) is 1. The fraction of sp³-hybridized carbons (Fsp3) is 0.143. The molecule has 3 rings (SSSR count). The fourth-order valence-corrected chi connectivity index (χ4v) is 2.92. The monoisotopic (exact) mass is 435 g/mol. The smallest absolute Gasteiger partial charge is 0.433 e. The average Bonchev–Trinajstić information content (AvgIpc) is 2.69. The first-order valence-electron chi connectivity index (χ1n) is 8.74. The van der Waals surface area contributed by atoms with Gasteiger partial charge in [-0.2, -0.15) is 13.2 Å². The van der Waals surface area contributed by atoms with Crippen molar-refractivity contribution in [3.05, 3.63) is 76.4 Å². The van der Waals surface area contributed by atoms with E-state index in [4.69, 9.17) is 16.3 Å². The zero-order valence-corrected chi connectivity index (χ0v) is 16.7. The number of rotatable bonds is 5. The second-order valence-corrected chi connectivity index (χ2v) is 6.80. The van der Waals surface area contributed by atoms with E-state index >= 15 is 0 Å². The Morgan fingerprint density at radius 3 is 2.53 bits per heavy atom. The van der Waals surface area contributed by atoms with Crippen LogP contribution in [0.3, 0.4) is 0 Å². The Labute approximate surface area is 175 Å². The second kappa shape index (κ2) is 8.62. The number of alkyl halides is 3. The number of carbonyl (C=O) groups excluding carboxylic acids is 1. The number of anilines is 3. The predicted octanol–water partition coefficient (Wildman–Crippen LogP) is 6.07. The van der Waals surface area contributed by atoms with Crippen LogP contribution in [0.4, 0.5) is 30.4 Å². The van der Waals surface area contributed by atoms with E-state index in [2.05, 4.69) is 15.6 Å². The van der Waals surface area contributed by atoms with Gasteiger partial charge in [-0.05, 0) is 55.0 Å². The third-order valence-corrected chi connectivity index (χ3v) is 4.43. The van der Waals surface area contributed by atoms with Gasteiger partial charge in [-0.25, -0.2) is 4.98 Å². The molecule has 0 saturated heterocycles. The molecule has 1 heterocycles. The van der Waals surface area contributed by atoms with Crippen molar-refractivity contribution < 1.29 is 22.7 Å². The normalized spacial score (nSPS) is 11.1. The number of hydrogen-bond acceptors (Lipinski definition) is 4. The zero-order chi connectivity index (χ0) is 21.9. The molecule has 0 spiro atoms. The van der Waals surface area contributed by atoms with Gasteiger partial charge < -0.3 is 15.4 Å². The summed E-state index contributed by atoms with van der Waals surface area (Å²) in [4.78, 5) is 16.4. The highest BCUT2D eigenvalue weighted by Gasteiger charge is 2.33. The maximum atomic E-state index is 13.2. The van der Waals surface area contributed by atoms with Crippen LogP contribution in [0.2, 0.25) is 5.02 Å². The molecule has 9 heteroatoms. The van der Waals surface area contributed by atoms with Crippen molar-refractivity contribution in [1.82, 2.24) is 4.98 Å². The van der Waals surface area contributed by atoms with Crippen LogP contribution in [0.1, 0.15) is 21.6 Å². The Balaban J connectivity index is 1.98. The molecule has 5 nitrogen and oxygen atoms in total. The van der Waals surface area contributed by atoms with E-state index in [-0.39, 0.29) is 11.4 Å². The summed E-state index contributed by atoms with van der Waals surface area (Å²) < 4.78 is 44.6. The molecule has 0 bridgehead atoms. The lowest BCUT2D eigenvalue weighted by Gasteiger charge is -2.16. The van der Waals surface area contributed by atoms with Crippen LogP contribution in [0.25, 0.3) is 0 Å². The van der Waals surface area contributed by atoms with Crippen molar-refractivity contribution in [2.24, 2.45) is 0 Å². The third kappa shape index (κ3) is 5.01. The number of carbonyl (C=O) groups is 1. The molecular formula is C21H17ClF3N3O2. The Morgan fingerprint density at radius 2 is 1.87 bits per heavy atom. The minimum atomic E-state index is -4.66. The summed E-state index contributed by atoms with van der Waals surface area (Å²) in [6, 6.07) is 13.3. The zero-order valence-electron chi connectivity index (χ0n) is 16.0. The molecule has 0 radical (unpaired) electrons. The fourth-order valence-electron chi connectivity index (χ4n) is 2.69. The van der Waals surface area contributed by atoms with E-state index in [9.17, 15) is 18.0 Å². The van der Waals surface area contributed by atoms with Crippen LogP contribution < -0.4 is 15.4 Å². The summed E-state index contributed by atoms with van der Waals surface area (Å²) in [6.45, 7) is 1.73. The van der Waals surface area contributed by atoms with Gasteiger partial charge >= 0.3 is 6.18 Å². The lowest BCUT2D eigenvalue weighted by molar-refractivity contribution is -0.141. The summed E-state index contributed by atoms with van der Waals surface area (Å²) >= 11 is 5.94. The van der Waals surface area contributed by atoms with Gasteiger partial charge in [0.25, 0.3) is 5.91 Å². The molecule has 0 aliphatic carbocycles. The van der Waals surface area contributed by atoms with Gasteiger partial charge in [0, 0.05) is 22.5 Å². The lowest BCUT2D eigenvalue weighted by atomic mass is 10.1. The number of halogens is 4. The highest BCUT2D eigenvalue weighted by atomic mass is 35.5.